The second-order valence-corrected chi connectivity index (χ2v) is 8.54. The number of hydrogen-bond acceptors (Lipinski definition) is 5. The average molecular weight is 426 g/mol. The van der Waals surface area contributed by atoms with Crippen LogP contribution < -0.4 is 4.74 Å². The van der Waals surface area contributed by atoms with E-state index in [4.69, 9.17) is 4.74 Å². The average Bonchev–Trinajstić information content (AvgIpc) is 3.14. The number of halogens is 1. The highest BCUT2D eigenvalue weighted by Gasteiger charge is 2.32. The summed E-state index contributed by atoms with van der Waals surface area (Å²) in [6, 6.07) is 16.0. The van der Waals surface area contributed by atoms with E-state index >= 15 is 0 Å². The second kappa shape index (κ2) is 8.93. The van der Waals surface area contributed by atoms with Crippen molar-refractivity contribution >= 4 is 17.2 Å². The summed E-state index contributed by atoms with van der Waals surface area (Å²) in [6.45, 7) is 4.42. The molecule has 5 nitrogen and oxygen atoms in total. The van der Waals surface area contributed by atoms with Crippen molar-refractivity contribution in [2.24, 2.45) is 0 Å². The number of aryl methyl sites for hydroxylation is 1. The molecule has 0 bridgehead atoms. The molecule has 1 aliphatic rings. The van der Waals surface area contributed by atoms with E-state index in [0.29, 0.717) is 22.9 Å². The maximum atomic E-state index is 13.4. The third-order valence-electron chi connectivity index (χ3n) is 5.24. The predicted molar refractivity (Wildman–Crippen MR) is 115 cm³/mol. The van der Waals surface area contributed by atoms with Gasteiger partial charge in [0.05, 0.1) is 11.7 Å². The van der Waals surface area contributed by atoms with E-state index < -0.39 is 0 Å². The monoisotopic (exact) mass is 425 g/mol. The van der Waals surface area contributed by atoms with Gasteiger partial charge in [-0.1, -0.05) is 30.3 Å². The number of aromatic nitrogens is 1. The topological polar surface area (TPSA) is 45.7 Å². The molecular weight excluding hydrogens is 401 g/mol. The number of carbonyl (C=O) groups excluding carboxylic acids is 1. The Kier molecular flexibility index (Phi) is 6.11. The number of ether oxygens (including phenoxy) is 1. The van der Waals surface area contributed by atoms with Crippen LogP contribution >= 0.6 is 11.3 Å². The van der Waals surface area contributed by atoms with E-state index in [1.165, 1.54) is 23.5 Å². The van der Waals surface area contributed by atoms with Crippen LogP contribution in [-0.2, 0) is 6.61 Å². The third kappa shape index (κ3) is 4.52. The van der Waals surface area contributed by atoms with Crippen LogP contribution in [0.5, 0.6) is 5.75 Å². The van der Waals surface area contributed by atoms with Gasteiger partial charge in [0.15, 0.2) is 0 Å². The molecule has 3 aromatic rings. The van der Waals surface area contributed by atoms with Crippen LogP contribution in [-0.4, -0.2) is 47.4 Å². The molecule has 2 aromatic carbocycles. The minimum Gasteiger partial charge on any atom is -0.486 e. The fourth-order valence-corrected chi connectivity index (χ4v) is 4.58. The highest BCUT2D eigenvalue weighted by atomic mass is 32.1. The van der Waals surface area contributed by atoms with Crippen LogP contribution in [0.3, 0.4) is 0 Å². The second-order valence-electron chi connectivity index (χ2n) is 7.45. The Morgan fingerprint density at radius 2 is 1.90 bits per heavy atom. The standard InChI is InChI=1S/C23H24FN3O2S/c1-16-22(30-21(25-16)15-29-19-10-8-18(24)9-11-19)23(28)27-13-12-26(2)14-20(27)17-6-4-3-5-7-17/h3-11,20H,12-15H2,1-2H3/t20-/m1/s1. The van der Waals surface area contributed by atoms with Crippen molar-refractivity contribution in [3.05, 3.63) is 81.6 Å². The molecule has 156 valence electrons. The summed E-state index contributed by atoms with van der Waals surface area (Å²) in [5.41, 5.74) is 1.85. The molecule has 1 amide bonds. The smallest absolute Gasteiger partial charge is 0.266 e. The molecule has 1 aliphatic heterocycles. The van der Waals surface area contributed by atoms with Gasteiger partial charge in [0, 0.05) is 19.6 Å². The summed E-state index contributed by atoms with van der Waals surface area (Å²) < 4.78 is 18.7. The van der Waals surface area contributed by atoms with Gasteiger partial charge < -0.3 is 14.5 Å². The highest BCUT2D eigenvalue weighted by Crippen LogP contribution is 2.29. The molecule has 4 rings (SSSR count). The summed E-state index contributed by atoms with van der Waals surface area (Å²) in [5, 5.41) is 0.727. The van der Waals surface area contributed by atoms with Crippen molar-refractivity contribution in [1.82, 2.24) is 14.8 Å². The van der Waals surface area contributed by atoms with Crippen LogP contribution in [0.2, 0.25) is 0 Å². The fourth-order valence-electron chi connectivity index (χ4n) is 3.64. The number of thiazole rings is 1. The summed E-state index contributed by atoms with van der Waals surface area (Å²) >= 11 is 1.37. The largest absolute Gasteiger partial charge is 0.486 e. The first kappa shape index (κ1) is 20.5. The Balaban J connectivity index is 1.51. The van der Waals surface area contributed by atoms with Gasteiger partial charge in [-0.3, -0.25) is 4.79 Å². The quantitative estimate of drug-likeness (QED) is 0.612. The Hall–Kier alpha value is -2.77. The number of rotatable bonds is 5. The Labute approximate surface area is 179 Å². The zero-order chi connectivity index (χ0) is 21.1. The number of amides is 1. The van der Waals surface area contributed by atoms with E-state index in [1.807, 2.05) is 30.0 Å². The first-order valence-corrected chi connectivity index (χ1v) is 10.7. The zero-order valence-corrected chi connectivity index (χ0v) is 17.9. The van der Waals surface area contributed by atoms with Gasteiger partial charge in [-0.15, -0.1) is 11.3 Å². The molecule has 2 heterocycles. The highest BCUT2D eigenvalue weighted by molar-refractivity contribution is 7.13. The van der Waals surface area contributed by atoms with Gasteiger partial charge in [0.25, 0.3) is 5.91 Å². The van der Waals surface area contributed by atoms with Gasteiger partial charge in [-0.25, -0.2) is 9.37 Å². The van der Waals surface area contributed by atoms with Gasteiger partial charge in [-0.2, -0.15) is 0 Å². The van der Waals surface area contributed by atoms with E-state index in [9.17, 15) is 9.18 Å². The zero-order valence-electron chi connectivity index (χ0n) is 17.0. The molecule has 1 aromatic heterocycles. The van der Waals surface area contributed by atoms with Gasteiger partial charge in [0.2, 0.25) is 0 Å². The van der Waals surface area contributed by atoms with E-state index in [2.05, 4.69) is 29.1 Å². The van der Waals surface area contributed by atoms with Crippen molar-refractivity contribution in [1.29, 1.82) is 0 Å². The summed E-state index contributed by atoms with van der Waals surface area (Å²) in [4.78, 5) is 22.8. The van der Waals surface area contributed by atoms with Crippen LogP contribution in [0.4, 0.5) is 4.39 Å². The number of likely N-dealkylation sites (N-methyl/N-ethyl adjacent to an activating group) is 1. The number of carbonyl (C=O) groups is 1. The number of nitrogens with zero attached hydrogens (tertiary/aromatic N) is 3. The van der Waals surface area contributed by atoms with Gasteiger partial charge >= 0.3 is 0 Å². The Bertz CT molecular complexity index is 1010. The van der Waals surface area contributed by atoms with E-state index in [0.717, 1.165) is 23.7 Å². The number of benzene rings is 2. The van der Waals surface area contributed by atoms with Crippen LogP contribution in [0, 0.1) is 12.7 Å². The minimum absolute atomic E-state index is 0.0119. The Morgan fingerprint density at radius 3 is 2.63 bits per heavy atom. The van der Waals surface area contributed by atoms with Gasteiger partial charge in [-0.05, 0) is 43.8 Å². The van der Waals surface area contributed by atoms with Crippen molar-refractivity contribution in [3.8, 4) is 5.75 Å². The lowest BCUT2D eigenvalue weighted by atomic mass is 10.0. The molecule has 7 heteroatoms. The maximum absolute atomic E-state index is 13.4. The molecule has 0 N–H and O–H groups in total. The minimum atomic E-state index is -0.305. The fraction of sp³-hybridized carbons (Fsp3) is 0.304. The molecule has 1 atom stereocenters. The van der Waals surface area contributed by atoms with Crippen molar-refractivity contribution in [3.63, 3.8) is 0 Å². The summed E-state index contributed by atoms with van der Waals surface area (Å²) in [6.07, 6.45) is 0. The normalized spacial score (nSPS) is 17.2. The number of piperazine rings is 1. The van der Waals surface area contributed by atoms with Crippen molar-refractivity contribution in [2.45, 2.75) is 19.6 Å². The number of hydrogen-bond donors (Lipinski definition) is 0. The van der Waals surface area contributed by atoms with Crippen LogP contribution in [0.15, 0.2) is 54.6 Å². The molecule has 30 heavy (non-hydrogen) atoms. The predicted octanol–water partition coefficient (Wildman–Crippen LogP) is 4.30. The van der Waals surface area contributed by atoms with Crippen LogP contribution in [0.1, 0.15) is 32.0 Å². The molecular formula is C23H24FN3O2S. The lowest BCUT2D eigenvalue weighted by Gasteiger charge is -2.40. The molecule has 1 saturated heterocycles. The lowest BCUT2D eigenvalue weighted by Crippen LogP contribution is -2.49. The van der Waals surface area contributed by atoms with Crippen LogP contribution in [0.25, 0.3) is 0 Å². The molecule has 0 spiro atoms. The molecule has 0 unspecified atom stereocenters. The SMILES string of the molecule is Cc1nc(COc2ccc(F)cc2)sc1C(=O)N1CCN(C)C[C@@H]1c1ccccc1. The molecule has 0 saturated carbocycles. The summed E-state index contributed by atoms with van der Waals surface area (Å²) in [7, 11) is 2.08. The molecule has 0 radical (unpaired) electrons. The molecule has 1 fully saturated rings. The summed E-state index contributed by atoms with van der Waals surface area (Å²) in [5.74, 6) is 0.279. The lowest BCUT2D eigenvalue weighted by molar-refractivity contribution is 0.0502. The first-order valence-electron chi connectivity index (χ1n) is 9.90. The maximum Gasteiger partial charge on any atom is 0.266 e. The van der Waals surface area contributed by atoms with E-state index in [-0.39, 0.29) is 24.4 Å². The third-order valence-corrected chi connectivity index (χ3v) is 6.36. The Morgan fingerprint density at radius 1 is 1.17 bits per heavy atom. The van der Waals surface area contributed by atoms with Crippen molar-refractivity contribution in [2.75, 3.05) is 26.7 Å². The van der Waals surface area contributed by atoms with Crippen molar-refractivity contribution < 1.29 is 13.9 Å². The van der Waals surface area contributed by atoms with Gasteiger partial charge in [0.1, 0.15) is 28.1 Å². The molecule has 0 aliphatic carbocycles. The first-order chi connectivity index (χ1) is 14.5. The van der Waals surface area contributed by atoms with E-state index in [1.54, 1.807) is 12.1 Å².